The van der Waals surface area contributed by atoms with E-state index in [4.69, 9.17) is 0 Å². The van der Waals surface area contributed by atoms with Gasteiger partial charge in [-0.1, -0.05) is 0 Å². The van der Waals surface area contributed by atoms with Gasteiger partial charge < -0.3 is 4.18 Å². The number of hydrogen-bond donors (Lipinski definition) is 0. The summed E-state index contributed by atoms with van der Waals surface area (Å²) < 4.78 is 49.9. The zero-order valence-corrected chi connectivity index (χ0v) is 8.10. The van der Waals surface area contributed by atoms with Crippen molar-refractivity contribution in [2.75, 3.05) is 11.5 Å². The molecular formula is C6H7F3O2S2. The van der Waals surface area contributed by atoms with Gasteiger partial charge in [0, 0.05) is 17.9 Å². The Kier molecular flexibility index (Phi) is 3.66. The second-order valence-corrected chi connectivity index (χ2v) is 4.51. The Balaban J connectivity index is 2.49. The Morgan fingerprint density at radius 2 is 2.23 bits per heavy atom. The molecule has 0 aromatic rings. The van der Waals surface area contributed by atoms with E-state index in [-0.39, 0.29) is 5.76 Å². The van der Waals surface area contributed by atoms with Crippen molar-refractivity contribution < 1.29 is 21.6 Å². The number of allylic oxidation sites excluding steroid dienone is 1. The lowest BCUT2D eigenvalue weighted by atomic mass is 10.4. The van der Waals surface area contributed by atoms with E-state index < -0.39 is 16.6 Å². The molecule has 1 unspecified atom stereocenters. The van der Waals surface area contributed by atoms with Crippen molar-refractivity contribution in [2.24, 2.45) is 0 Å². The van der Waals surface area contributed by atoms with Crippen LogP contribution in [0.1, 0.15) is 6.42 Å². The van der Waals surface area contributed by atoms with Crippen molar-refractivity contribution >= 4 is 22.8 Å². The van der Waals surface area contributed by atoms with E-state index >= 15 is 0 Å². The summed E-state index contributed by atoms with van der Waals surface area (Å²) in [7, 11) is 0. The topological polar surface area (TPSA) is 26.3 Å². The highest BCUT2D eigenvalue weighted by Crippen LogP contribution is 2.26. The molecular weight excluding hydrogens is 225 g/mol. The molecule has 0 aliphatic carbocycles. The molecule has 1 aliphatic rings. The van der Waals surface area contributed by atoms with E-state index in [1.54, 1.807) is 11.8 Å². The molecule has 0 saturated heterocycles. The van der Waals surface area contributed by atoms with Gasteiger partial charge >= 0.3 is 16.6 Å². The van der Waals surface area contributed by atoms with Crippen LogP contribution in [0.2, 0.25) is 0 Å². The summed E-state index contributed by atoms with van der Waals surface area (Å²) in [5, 5.41) is 0. The van der Waals surface area contributed by atoms with Gasteiger partial charge in [0.1, 0.15) is 5.76 Å². The van der Waals surface area contributed by atoms with Gasteiger partial charge in [-0.2, -0.15) is 24.9 Å². The Morgan fingerprint density at radius 1 is 1.54 bits per heavy atom. The van der Waals surface area contributed by atoms with E-state index in [1.807, 2.05) is 0 Å². The van der Waals surface area contributed by atoms with E-state index in [2.05, 4.69) is 4.18 Å². The number of alkyl halides is 3. The van der Waals surface area contributed by atoms with Gasteiger partial charge in [0.2, 0.25) is 0 Å². The van der Waals surface area contributed by atoms with Gasteiger partial charge in [-0.15, -0.1) is 0 Å². The van der Waals surface area contributed by atoms with Crippen LogP contribution in [0.3, 0.4) is 0 Å². The molecule has 0 bridgehead atoms. The average molecular weight is 232 g/mol. The summed E-state index contributed by atoms with van der Waals surface area (Å²) in [6, 6.07) is 0. The van der Waals surface area contributed by atoms with Gasteiger partial charge in [0.25, 0.3) is 0 Å². The molecule has 13 heavy (non-hydrogen) atoms. The maximum absolute atomic E-state index is 11.7. The zero-order chi connectivity index (χ0) is 9.90. The second-order valence-electron chi connectivity index (χ2n) is 2.26. The molecule has 2 nitrogen and oxygen atoms in total. The zero-order valence-electron chi connectivity index (χ0n) is 6.47. The first-order valence-corrected chi connectivity index (χ1v) is 5.67. The van der Waals surface area contributed by atoms with Crippen molar-refractivity contribution in [1.82, 2.24) is 0 Å². The van der Waals surface area contributed by atoms with Gasteiger partial charge in [-0.25, -0.2) is 4.21 Å². The minimum Gasteiger partial charge on any atom is -0.399 e. The number of rotatable bonds is 2. The number of halogens is 3. The van der Waals surface area contributed by atoms with Crippen LogP contribution >= 0.6 is 11.8 Å². The fraction of sp³-hybridized carbons (Fsp3) is 0.667. The lowest BCUT2D eigenvalue weighted by Crippen LogP contribution is -2.19. The molecule has 0 spiro atoms. The summed E-state index contributed by atoms with van der Waals surface area (Å²) >= 11 is -1.62. The lowest BCUT2D eigenvalue weighted by Gasteiger charge is -2.13. The molecule has 0 fully saturated rings. The Bertz CT molecular complexity index is 237. The normalized spacial score (nSPS) is 20.7. The Labute approximate surface area is 80.2 Å². The summed E-state index contributed by atoms with van der Waals surface area (Å²) in [5.41, 5.74) is -4.79. The van der Waals surface area contributed by atoms with Crippen LogP contribution in [-0.2, 0) is 15.3 Å². The van der Waals surface area contributed by atoms with Crippen molar-refractivity contribution in [3.05, 3.63) is 11.8 Å². The minimum atomic E-state index is -4.79. The molecule has 1 rings (SSSR count). The second kappa shape index (κ2) is 4.36. The monoisotopic (exact) mass is 232 g/mol. The number of thioether (sulfide) groups is 1. The van der Waals surface area contributed by atoms with Crippen molar-refractivity contribution in [1.29, 1.82) is 0 Å². The first-order valence-electron chi connectivity index (χ1n) is 3.44. The van der Waals surface area contributed by atoms with E-state index in [0.29, 0.717) is 17.9 Å². The van der Waals surface area contributed by atoms with E-state index in [9.17, 15) is 17.4 Å². The highest BCUT2D eigenvalue weighted by atomic mass is 32.2. The summed E-state index contributed by atoms with van der Waals surface area (Å²) in [6.45, 7) is 0. The third kappa shape index (κ3) is 3.60. The number of hydrogen-bond acceptors (Lipinski definition) is 3. The molecule has 1 heterocycles. The quantitative estimate of drug-likeness (QED) is 0.730. The fourth-order valence-corrected chi connectivity index (χ4v) is 1.99. The Hall–Kier alpha value is -0.170. The predicted octanol–water partition coefficient (Wildman–Crippen LogP) is 2.21. The molecule has 1 atom stereocenters. The van der Waals surface area contributed by atoms with Crippen LogP contribution in [0, 0.1) is 0 Å². The molecule has 1 aliphatic heterocycles. The third-order valence-corrected chi connectivity index (χ3v) is 2.93. The van der Waals surface area contributed by atoms with Crippen LogP contribution in [0.4, 0.5) is 13.2 Å². The average Bonchev–Trinajstić information content (AvgIpc) is 2.04. The van der Waals surface area contributed by atoms with Gasteiger partial charge in [-0.3, -0.25) is 0 Å². The lowest BCUT2D eigenvalue weighted by molar-refractivity contribution is -0.0456. The van der Waals surface area contributed by atoms with Crippen LogP contribution in [0.5, 0.6) is 0 Å². The highest BCUT2D eigenvalue weighted by molar-refractivity contribution is 7.99. The molecule has 7 heteroatoms. The van der Waals surface area contributed by atoms with Crippen LogP contribution in [-0.4, -0.2) is 21.2 Å². The molecule has 0 aromatic carbocycles. The van der Waals surface area contributed by atoms with Gasteiger partial charge in [0.15, 0.2) is 0 Å². The smallest absolute Gasteiger partial charge is 0.399 e. The molecule has 0 aromatic heterocycles. The highest BCUT2D eigenvalue weighted by Gasteiger charge is 2.40. The van der Waals surface area contributed by atoms with Crippen molar-refractivity contribution in [3.63, 3.8) is 0 Å². The van der Waals surface area contributed by atoms with E-state index in [0.717, 1.165) is 0 Å². The molecule has 0 saturated carbocycles. The maximum atomic E-state index is 11.7. The van der Waals surface area contributed by atoms with Crippen LogP contribution in [0.25, 0.3) is 0 Å². The maximum Gasteiger partial charge on any atom is 0.508 e. The van der Waals surface area contributed by atoms with Gasteiger partial charge in [-0.05, 0) is 6.08 Å². The molecule has 0 radical (unpaired) electrons. The predicted molar refractivity (Wildman–Crippen MR) is 45.3 cm³/mol. The van der Waals surface area contributed by atoms with E-state index in [1.165, 1.54) is 6.08 Å². The standard InChI is InChI=1S/C6H7F3O2S2/c7-6(8,9)13(10)11-5-1-3-12-4-2-5/h1H,2-4H2. The summed E-state index contributed by atoms with van der Waals surface area (Å²) in [6.07, 6.45) is 1.93. The first kappa shape index (κ1) is 10.9. The SMILES string of the molecule is O=S(OC1=CCSCC1)C(F)(F)F. The minimum absolute atomic E-state index is 0.175. The first-order chi connectivity index (χ1) is 6.00. The molecule has 76 valence electrons. The van der Waals surface area contributed by atoms with Gasteiger partial charge in [0.05, 0.1) is 0 Å². The third-order valence-electron chi connectivity index (χ3n) is 1.29. The fourth-order valence-electron chi connectivity index (χ4n) is 0.730. The van der Waals surface area contributed by atoms with Crippen LogP contribution < -0.4 is 0 Å². The largest absolute Gasteiger partial charge is 0.508 e. The Morgan fingerprint density at radius 3 is 2.69 bits per heavy atom. The summed E-state index contributed by atoms with van der Waals surface area (Å²) in [4.78, 5) is 0. The summed E-state index contributed by atoms with van der Waals surface area (Å²) in [5.74, 6) is 1.50. The van der Waals surface area contributed by atoms with Crippen LogP contribution in [0.15, 0.2) is 11.8 Å². The van der Waals surface area contributed by atoms with Crippen molar-refractivity contribution in [3.8, 4) is 0 Å². The molecule has 0 N–H and O–H groups in total. The van der Waals surface area contributed by atoms with Crippen molar-refractivity contribution in [2.45, 2.75) is 11.9 Å². The molecule has 0 amide bonds.